The molecular formula is C18H22N2O. The van der Waals surface area contributed by atoms with Crippen LogP contribution in [0, 0.1) is 6.92 Å². The first-order chi connectivity index (χ1) is 10.3. The number of nitrogens with one attached hydrogen (secondary N) is 1. The number of ether oxygens (including phenoxy) is 1. The fourth-order valence-corrected chi connectivity index (χ4v) is 2.64. The van der Waals surface area contributed by atoms with Gasteiger partial charge in [0.25, 0.3) is 0 Å². The Labute approximate surface area is 126 Å². The number of hydrogen-bond acceptors (Lipinski definition) is 3. The monoisotopic (exact) mass is 282 g/mol. The minimum atomic E-state index is 0.623. The summed E-state index contributed by atoms with van der Waals surface area (Å²) in [5.41, 5.74) is 3.86. The fourth-order valence-electron chi connectivity index (χ4n) is 2.64. The van der Waals surface area contributed by atoms with Gasteiger partial charge in [-0.15, -0.1) is 0 Å². The molecule has 1 saturated heterocycles. The molecule has 1 N–H and O–H groups in total. The second kappa shape index (κ2) is 6.64. The molecule has 1 aliphatic rings. The number of para-hydroxylation sites is 1. The maximum atomic E-state index is 5.83. The van der Waals surface area contributed by atoms with Crippen molar-refractivity contribution in [1.29, 1.82) is 0 Å². The highest BCUT2D eigenvalue weighted by Crippen LogP contribution is 2.21. The first-order valence-electron chi connectivity index (χ1n) is 7.56. The Morgan fingerprint density at radius 3 is 2.52 bits per heavy atom. The predicted octanol–water partition coefficient (Wildman–Crippen LogP) is 2.98. The quantitative estimate of drug-likeness (QED) is 0.933. The van der Waals surface area contributed by atoms with Gasteiger partial charge in [-0.25, -0.2) is 0 Å². The first kappa shape index (κ1) is 14.0. The van der Waals surface area contributed by atoms with E-state index in [0.29, 0.717) is 6.61 Å². The molecule has 0 spiro atoms. The summed E-state index contributed by atoms with van der Waals surface area (Å²) in [6.07, 6.45) is 0. The number of piperazine rings is 1. The Kier molecular flexibility index (Phi) is 4.41. The molecule has 21 heavy (non-hydrogen) atoms. The molecule has 2 aromatic rings. The van der Waals surface area contributed by atoms with Gasteiger partial charge < -0.3 is 15.0 Å². The minimum Gasteiger partial charge on any atom is -0.489 e. The molecule has 0 aliphatic carbocycles. The van der Waals surface area contributed by atoms with E-state index in [0.717, 1.165) is 31.9 Å². The Balaban J connectivity index is 1.66. The second-order valence-corrected chi connectivity index (χ2v) is 5.45. The number of hydrogen-bond donors (Lipinski definition) is 1. The molecule has 0 bridgehead atoms. The zero-order chi connectivity index (χ0) is 14.5. The van der Waals surface area contributed by atoms with Gasteiger partial charge in [0.05, 0.1) is 0 Å². The minimum absolute atomic E-state index is 0.623. The van der Waals surface area contributed by atoms with Crippen molar-refractivity contribution in [2.24, 2.45) is 0 Å². The van der Waals surface area contributed by atoms with Gasteiger partial charge in [0.15, 0.2) is 0 Å². The first-order valence-corrected chi connectivity index (χ1v) is 7.56. The Morgan fingerprint density at radius 2 is 1.81 bits per heavy atom. The largest absolute Gasteiger partial charge is 0.489 e. The topological polar surface area (TPSA) is 24.5 Å². The SMILES string of the molecule is Cc1cc(N2CCNCC2)ccc1COc1ccccc1. The van der Waals surface area contributed by atoms with Crippen LogP contribution in [0.3, 0.4) is 0 Å². The number of aryl methyl sites for hydroxylation is 1. The van der Waals surface area contributed by atoms with E-state index in [1.54, 1.807) is 0 Å². The summed E-state index contributed by atoms with van der Waals surface area (Å²) < 4.78 is 5.83. The predicted molar refractivity (Wildman–Crippen MR) is 87.0 cm³/mol. The Morgan fingerprint density at radius 1 is 1.05 bits per heavy atom. The average Bonchev–Trinajstić information content (AvgIpc) is 2.55. The van der Waals surface area contributed by atoms with E-state index in [2.05, 4.69) is 35.3 Å². The van der Waals surface area contributed by atoms with Crippen LogP contribution in [0.25, 0.3) is 0 Å². The highest BCUT2D eigenvalue weighted by Gasteiger charge is 2.11. The summed E-state index contributed by atoms with van der Waals surface area (Å²) in [5.74, 6) is 0.920. The number of benzene rings is 2. The van der Waals surface area contributed by atoms with Crippen LogP contribution >= 0.6 is 0 Å². The summed E-state index contributed by atoms with van der Waals surface area (Å²) >= 11 is 0. The van der Waals surface area contributed by atoms with Gasteiger partial charge in [0.2, 0.25) is 0 Å². The zero-order valence-electron chi connectivity index (χ0n) is 12.5. The van der Waals surface area contributed by atoms with Crippen molar-refractivity contribution in [2.75, 3.05) is 31.1 Å². The van der Waals surface area contributed by atoms with Crippen molar-refractivity contribution >= 4 is 5.69 Å². The fraction of sp³-hybridized carbons (Fsp3) is 0.333. The van der Waals surface area contributed by atoms with E-state index >= 15 is 0 Å². The molecule has 1 heterocycles. The normalized spacial score (nSPS) is 15.0. The van der Waals surface area contributed by atoms with Gasteiger partial charge in [-0.1, -0.05) is 24.3 Å². The highest BCUT2D eigenvalue weighted by atomic mass is 16.5. The molecule has 110 valence electrons. The molecule has 3 nitrogen and oxygen atoms in total. The number of nitrogens with zero attached hydrogens (tertiary/aromatic N) is 1. The molecule has 2 aromatic carbocycles. The smallest absolute Gasteiger partial charge is 0.119 e. The molecule has 1 fully saturated rings. The standard InChI is InChI=1S/C18H22N2O/c1-15-13-17(20-11-9-19-10-12-20)8-7-16(15)14-21-18-5-3-2-4-6-18/h2-8,13,19H,9-12,14H2,1H3. The highest BCUT2D eigenvalue weighted by molar-refractivity contribution is 5.51. The van der Waals surface area contributed by atoms with Crippen molar-refractivity contribution in [1.82, 2.24) is 5.32 Å². The van der Waals surface area contributed by atoms with E-state index in [4.69, 9.17) is 4.74 Å². The average molecular weight is 282 g/mol. The third-order valence-corrected chi connectivity index (χ3v) is 3.95. The van der Waals surface area contributed by atoms with Gasteiger partial charge in [-0.2, -0.15) is 0 Å². The van der Waals surface area contributed by atoms with Crippen molar-refractivity contribution < 1.29 is 4.74 Å². The van der Waals surface area contributed by atoms with Gasteiger partial charge >= 0.3 is 0 Å². The lowest BCUT2D eigenvalue weighted by Gasteiger charge is -2.30. The third kappa shape index (κ3) is 3.56. The van der Waals surface area contributed by atoms with Crippen molar-refractivity contribution in [3.05, 3.63) is 59.7 Å². The van der Waals surface area contributed by atoms with Crippen LogP contribution in [0.5, 0.6) is 5.75 Å². The summed E-state index contributed by atoms with van der Waals surface area (Å²) in [6.45, 7) is 7.08. The third-order valence-electron chi connectivity index (χ3n) is 3.95. The van der Waals surface area contributed by atoms with Crippen molar-refractivity contribution in [3.63, 3.8) is 0 Å². The molecule has 0 radical (unpaired) electrons. The molecule has 3 rings (SSSR count). The van der Waals surface area contributed by atoms with E-state index in [1.165, 1.54) is 16.8 Å². The maximum absolute atomic E-state index is 5.83. The van der Waals surface area contributed by atoms with Gasteiger partial charge in [0, 0.05) is 31.9 Å². The van der Waals surface area contributed by atoms with E-state index in [1.807, 2.05) is 30.3 Å². The molecular weight excluding hydrogens is 260 g/mol. The summed E-state index contributed by atoms with van der Waals surface area (Å²) in [6, 6.07) is 16.6. The van der Waals surface area contributed by atoms with Crippen LogP contribution in [0.15, 0.2) is 48.5 Å². The van der Waals surface area contributed by atoms with Gasteiger partial charge in [-0.05, 0) is 42.3 Å². The van der Waals surface area contributed by atoms with E-state index in [9.17, 15) is 0 Å². The van der Waals surface area contributed by atoms with E-state index in [-0.39, 0.29) is 0 Å². The lowest BCUT2D eigenvalue weighted by molar-refractivity contribution is 0.305. The summed E-state index contributed by atoms with van der Waals surface area (Å²) in [5, 5.41) is 3.39. The Hall–Kier alpha value is -2.00. The van der Waals surface area contributed by atoms with Crippen molar-refractivity contribution in [3.8, 4) is 5.75 Å². The van der Waals surface area contributed by atoms with Gasteiger partial charge in [-0.3, -0.25) is 0 Å². The summed E-state index contributed by atoms with van der Waals surface area (Å²) in [4.78, 5) is 2.44. The van der Waals surface area contributed by atoms with Crippen LogP contribution in [-0.4, -0.2) is 26.2 Å². The molecule has 0 atom stereocenters. The number of rotatable bonds is 4. The van der Waals surface area contributed by atoms with Crippen LogP contribution in [-0.2, 0) is 6.61 Å². The lowest BCUT2D eigenvalue weighted by atomic mass is 10.1. The molecule has 0 saturated carbocycles. The van der Waals surface area contributed by atoms with E-state index < -0.39 is 0 Å². The maximum Gasteiger partial charge on any atom is 0.119 e. The molecule has 3 heteroatoms. The van der Waals surface area contributed by atoms with Crippen LogP contribution in [0.4, 0.5) is 5.69 Å². The zero-order valence-corrected chi connectivity index (χ0v) is 12.5. The van der Waals surface area contributed by atoms with Gasteiger partial charge in [0.1, 0.15) is 12.4 Å². The molecule has 0 aromatic heterocycles. The van der Waals surface area contributed by atoms with Crippen molar-refractivity contribution in [2.45, 2.75) is 13.5 Å². The number of anilines is 1. The van der Waals surface area contributed by atoms with Crippen LogP contribution in [0.1, 0.15) is 11.1 Å². The molecule has 1 aliphatic heterocycles. The second-order valence-electron chi connectivity index (χ2n) is 5.45. The summed E-state index contributed by atoms with van der Waals surface area (Å²) in [7, 11) is 0. The lowest BCUT2D eigenvalue weighted by Crippen LogP contribution is -2.43. The Bertz CT molecular complexity index is 577. The van der Waals surface area contributed by atoms with Crippen LogP contribution in [0.2, 0.25) is 0 Å². The molecule has 0 amide bonds. The van der Waals surface area contributed by atoms with Crippen LogP contribution < -0.4 is 15.0 Å². The molecule has 0 unspecified atom stereocenters.